The van der Waals surface area contributed by atoms with Gasteiger partial charge in [0.25, 0.3) is 11.1 Å². The topological polar surface area (TPSA) is 68.7 Å². The number of aromatic nitrogens is 4. The zero-order valence-corrected chi connectivity index (χ0v) is 20.6. The summed E-state index contributed by atoms with van der Waals surface area (Å²) in [6.45, 7) is 0. The average Bonchev–Trinajstić information content (AvgIpc) is 3.59. The second kappa shape index (κ2) is 7.97. The van der Waals surface area contributed by atoms with Crippen molar-refractivity contribution in [1.82, 2.24) is 18.8 Å². The fourth-order valence-electron chi connectivity index (χ4n) is 5.45. The minimum absolute atomic E-state index is 0.170. The SMILES string of the molecule is O=c1c2cc3c(cc2c2nc4c(C(F)(F)F)cc(C(F)(F)F)cc4n12)c(=O)n1c2cc(C(F)(F)F)cc(C(F)(F)F)c2nc31. The Balaban J connectivity index is 1.62. The number of halogens is 12. The molecule has 0 saturated carbocycles. The number of hydrogen-bond donors (Lipinski definition) is 0. The third-order valence-electron chi connectivity index (χ3n) is 7.29. The lowest BCUT2D eigenvalue weighted by Gasteiger charge is -2.12. The first-order chi connectivity index (χ1) is 20.2. The van der Waals surface area contributed by atoms with E-state index in [1.54, 1.807) is 0 Å². The van der Waals surface area contributed by atoms with Crippen LogP contribution in [0.5, 0.6) is 0 Å². The van der Waals surface area contributed by atoms with Crippen LogP contribution in [0.15, 0.2) is 46.0 Å². The Morgan fingerprint density at radius 1 is 0.455 bits per heavy atom. The van der Waals surface area contributed by atoms with Gasteiger partial charge in [0, 0.05) is 10.8 Å². The fourth-order valence-corrected chi connectivity index (χ4v) is 5.45. The Bertz CT molecular complexity index is 2310. The summed E-state index contributed by atoms with van der Waals surface area (Å²) in [6.07, 6.45) is -21.1. The molecule has 0 aliphatic heterocycles. The van der Waals surface area contributed by atoms with Crippen molar-refractivity contribution in [3.63, 3.8) is 0 Å². The molecule has 4 aromatic heterocycles. The third kappa shape index (κ3) is 3.65. The number of nitrogens with zero attached hydrogens (tertiary/aromatic N) is 4. The number of alkyl halides is 12. The summed E-state index contributed by atoms with van der Waals surface area (Å²) < 4.78 is 164. The van der Waals surface area contributed by atoms with Gasteiger partial charge in [-0.15, -0.1) is 0 Å². The zero-order valence-electron chi connectivity index (χ0n) is 20.6. The molecule has 0 radical (unpaired) electrons. The molecule has 0 N–H and O–H groups in total. The van der Waals surface area contributed by atoms with E-state index in [2.05, 4.69) is 9.97 Å². The molecule has 18 heteroatoms. The van der Waals surface area contributed by atoms with E-state index in [0.29, 0.717) is 20.9 Å². The highest BCUT2D eigenvalue weighted by molar-refractivity contribution is 6.11. The molecule has 0 amide bonds. The lowest BCUT2D eigenvalue weighted by molar-refractivity contribution is -0.143. The van der Waals surface area contributed by atoms with Crippen LogP contribution in [0, 0.1) is 0 Å². The van der Waals surface area contributed by atoms with Gasteiger partial charge in [0.2, 0.25) is 0 Å². The number of benzene rings is 3. The first-order valence-electron chi connectivity index (χ1n) is 11.9. The summed E-state index contributed by atoms with van der Waals surface area (Å²) in [6, 6.07) is 2.09. The van der Waals surface area contributed by atoms with Crippen LogP contribution in [0.3, 0.4) is 0 Å². The molecule has 0 unspecified atom stereocenters. The Hall–Kier alpha value is -4.90. The number of rotatable bonds is 0. The van der Waals surface area contributed by atoms with Crippen molar-refractivity contribution >= 4 is 54.9 Å². The lowest BCUT2D eigenvalue weighted by atomic mass is 10.1. The molecule has 7 rings (SSSR count). The maximum absolute atomic E-state index is 13.7. The van der Waals surface area contributed by atoms with Gasteiger partial charge in [0.05, 0.1) is 44.1 Å². The maximum Gasteiger partial charge on any atom is 0.418 e. The Labute approximate surface area is 231 Å². The van der Waals surface area contributed by atoms with Gasteiger partial charge in [0.15, 0.2) is 0 Å². The van der Waals surface area contributed by atoms with Crippen LogP contribution in [-0.4, -0.2) is 18.8 Å². The van der Waals surface area contributed by atoms with Gasteiger partial charge in [0.1, 0.15) is 22.3 Å². The predicted molar refractivity (Wildman–Crippen MR) is 129 cm³/mol. The van der Waals surface area contributed by atoms with Crippen LogP contribution in [0.4, 0.5) is 52.7 Å². The van der Waals surface area contributed by atoms with Crippen molar-refractivity contribution < 1.29 is 52.7 Å². The van der Waals surface area contributed by atoms with Crippen LogP contribution in [-0.2, 0) is 24.7 Å². The summed E-state index contributed by atoms with van der Waals surface area (Å²) in [5, 5.41) is -1.41. The number of imidazole rings is 2. The van der Waals surface area contributed by atoms with E-state index >= 15 is 0 Å². The summed E-state index contributed by atoms with van der Waals surface area (Å²) in [5.74, 6) is 0. The second-order valence-corrected chi connectivity index (χ2v) is 9.87. The standard InChI is InChI=1S/C26H6F12N4O2/c27-23(28,29)7-1-13(25(33,34)35)17-15(3-7)41-19(39-17)9-5-12-10(6-11(9)21(41)43)20-40-18-14(26(36,37)38)2-8(24(30,31)32)4-16(18)42(20)22(12)44/h1-6H. The minimum atomic E-state index is -5.32. The Kier molecular flexibility index (Phi) is 5.06. The smallest absolute Gasteiger partial charge is 0.268 e. The largest absolute Gasteiger partial charge is 0.418 e. The molecular formula is C26H6F12N4O2. The highest BCUT2D eigenvalue weighted by atomic mass is 19.4. The van der Waals surface area contributed by atoms with E-state index in [4.69, 9.17) is 0 Å². The molecule has 4 heterocycles. The summed E-state index contributed by atoms with van der Waals surface area (Å²) in [5.41, 5.74) is -14.2. The Morgan fingerprint density at radius 3 is 1.09 bits per heavy atom. The van der Waals surface area contributed by atoms with E-state index in [9.17, 15) is 62.3 Å². The molecule has 0 aliphatic carbocycles. The van der Waals surface area contributed by atoms with Crippen LogP contribution in [0.1, 0.15) is 22.3 Å². The van der Waals surface area contributed by atoms with Crippen molar-refractivity contribution in [1.29, 1.82) is 0 Å². The number of fused-ring (bicyclic) bond motifs is 10. The predicted octanol–water partition coefficient (Wildman–Crippen LogP) is 7.27. The van der Waals surface area contributed by atoms with Crippen molar-refractivity contribution in [2.75, 3.05) is 0 Å². The minimum Gasteiger partial charge on any atom is -0.268 e. The highest BCUT2D eigenvalue weighted by Crippen LogP contribution is 2.43. The lowest BCUT2D eigenvalue weighted by Crippen LogP contribution is -2.13. The van der Waals surface area contributed by atoms with Crippen molar-refractivity contribution in [3.8, 4) is 0 Å². The highest BCUT2D eigenvalue weighted by Gasteiger charge is 2.41. The molecule has 0 fully saturated rings. The fraction of sp³-hybridized carbons (Fsp3) is 0.154. The van der Waals surface area contributed by atoms with Crippen molar-refractivity contribution in [2.24, 2.45) is 0 Å². The van der Waals surface area contributed by atoms with Crippen LogP contribution >= 0.6 is 0 Å². The van der Waals surface area contributed by atoms with Crippen LogP contribution < -0.4 is 11.1 Å². The molecule has 44 heavy (non-hydrogen) atoms. The second-order valence-electron chi connectivity index (χ2n) is 9.87. The maximum atomic E-state index is 13.7. The molecule has 0 aliphatic rings. The molecule has 226 valence electrons. The third-order valence-corrected chi connectivity index (χ3v) is 7.29. The summed E-state index contributed by atoms with van der Waals surface area (Å²) in [7, 11) is 0. The zero-order chi connectivity index (χ0) is 32.0. The number of hydrogen-bond acceptors (Lipinski definition) is 4. The van der Waals surface area contributed by atoms with Gasteiger partial charge in [-0.2, -0.15) is 52.7 Å². The molecular weight excluding hydrogens is 628 g/mol. The molecule has 0 bridgehead atoms. The van der Waals surface area contributed by atoms with Crippen LogP contribution in [0.25, 0.3) is 54.9 Å². The van der Waals surface area contributed by atoms with E-state index in [1.807, 2.05) is 0 Å². The summed E-state index contributed by atoms with van der Waals surface area (Å²) in [4.78, 5) is 34.3. The average molecular weight is 634 g/mol. The van der Waals surface area contributed by atoms with Gasteiger partial charge in [-0.05, 0) is 36.4 Å². The quantitative estimate of drug-likeness (QED) is 0.165. The summed E-state index contributed by atoms with van der Waals surface area (Å²) >= 11 is 0. The van der Waals surface area contributed by atoms with E-state index in [1.165, 1.54) is 0 Å². The molecule has 3 aromatic carbocycles. The van der Waals surface area contributed by atoms with Crippen molar-refractivity contribution in [3.05, 3.63) is 79.4 Å². The van der Waals surface area contributed by atoms with Gasteiger partial charge in [-0.25, -0.2) is 9.97 Å². The van der Waals surface area contributed by atoms with E-state index in [-0.39, 0.29) is 22.9 Å². The van der Waals surface area contributed by atoms with E-state index < -0.39 is 102 Å². The first-order valence-corrected chi connectivity index (χ1v) is 11.9. The monoisotopic (exact) mass is 634 g/mol. The van der Waals surface area contributed by atoms with Gasteiger partial charge in [-0.1, -0.05) is 0 Å². The van der Waals surface area contributed by atoms with Gasteiger partial charge < -0.3 is 0 Å². The Morgan fingerprint density at radius 2 is 0.795 bits per heavy atom. The molecule has 7 aromatic rings. The normalized spacial score (nSPS) is 14.1. The van der Waals surface area contributed by atoms with Gasteiger partial charge in [-0.3, -0.25) is 18.4 Å². The van der Waals surface area contributed by atoms with Gasteiger partial charge >= 0.3 is 24.7 Å². The molecule has 0 atom stereocenters. The molecule has 0 saturated heterocycles. The molecule has 6 nitrogen and oxygen atoms in total. The van der Waals surface area contributed by atoms with E-state index in [0.717, 1.165) is 12.1 Å². The van der Waals surface area contributed by atoms with Crippen LogP contribution in [0.2, 0.25) is 0 Å². The van der Waals surface area contributed by atoms with Crippen molar-refractivity contribution in [2.45, 2.75) is 24.7 Å². The first kappa shape index (κ1) is 27.9. The molecule has 0 spiro atoms.